The van der Waals surface area contributed by atoms with Crippen LogP contribution in [0, 0.1) is 0 Å². The van der Waals surface area contributed by atoms with E-state index in [4.69, 9.17) is 0 Å². The maximum atomic E-state index is 12.0. The van der Waals surface area contributed by atoms with Gasteiger partial charge in [0.25, 0.3) is 0 Å². The maximum absolute atomic E-state index is 12.0. The number of carbonyl (C=O) groups is 1. The molecule has 1 fully saturated rings. The highest BCUT2D eigenvalue weighted by Gasteiger charge is 2.26. The monoisotopic (exact) mass is 309 g/mol. The average Bonchev–Trinajstić information content (AvgIpc) is 3.09. The largest absolute Gasteiger partial charge is 0.346 e. The van der Waals surface area contributed by atoms with Crippen LogP contribution in [0.1, 0.15) is 24.3 Å². The third-order valence-electron chi connectivity index (χ3n) is 4.69. The molecule has 0 spiro atoms. The van der Waals surface area contributed by atoms with Gasteiger partial charge in [-0.1, -0.05) is 0 Å². The van der Waals surface area contributed by atoms with Crippen LogP contribution in [-0.4, -0.2) is 46.0 Å². The second-order valence-corrected chi connectivity index (χ2v) is 6.03. The first-order valence-corrected chi connectivity index (χ1v) is 7.94. The summed E-state index contributed by atoms with van der Waals surface area (Å²) in [7, 11) is 1.68. The molecule has 3 aromatic rings. The number of rotatable bonds is 1. The van der Waals surface area contributed by atoms with Gasteiger partial charge in [-0.05, 0) is 24.5 Å². The first kappa shape index (κ1) is 14.0. The van der Waals surface area contributed by atoms with Crippen molar-refractivity contribution in [3.63, 3.8) is 0 Å². The molecule has 0 saturated carbocycles. The van der Waals surface area contributed by atoms with Crippen LogP contribution in [0.2, 0.25) is 0 Å². The highest BCUT2D eigenvalue weighted by atomic mass is 16.2. The zero-order valence-corrected chi connectivity index (χ0v) is 13.0. The minimum absolute atomic E-state index is 0.00338. The number of hydrogen-bond donors (Lipinski definition) is 2. The number of hydrogen-bond acceptors (Lipinski definition) is 3. The van der Waals surface area contributed by atoms with E-state index in [0.29, 0.717) is 5.92 Å². The molecule has 1 saturated heterocycles. The van der Waals surface area contributed by atoms with Gasteiger partial charge in [0.1, 0.15) is 5.65 Å². The lowest BCUT2D eigenvalue weighted by molar-refractivity contribution is 0.182. The lowest BCUT2D eigenvalue weighted by atomic mass is 9.88. The van der Waals surface area contributed by atoms with Crippen molar-refractivity contribution < 1.29 is 4.79 Å². The number of amides is 2. The van der Waals surface area contributed by atoms with Crippen LogP contribution in [0.25, 0.3) is 21.8 Å². The van der Waals surface area contributed by atoms with Gasteiger partial charge in [-0.15, -0.1) is 0 Å². The molecule has 118 valence electrons. The van der Waals surface area contributed by atoms with Crippen molar-refractivity contribution >= 4 is 27.8 Å². The normalized spacial score (nSPS) is 18.5. The van der Waals surface area contributed by atoms with Gasteiger partial charge >= 0.3 is 6.03 Å². The Morgan fingerprint density at radius 2 is 2.30 bits per heavy atom. The second kappa shape index (κ2) is 5.53. The summed E-state index contributed by atoms with van der Waals surface area (Å²) in [6, 6.07) is 2.06. The highest BCUT2D eigenvalue weighted by molar-refractivity contribution is 6.06. The Labute approximate surface area is 133 Å². The molecule has 6 heteroatoms. The van der Waals surface area contributed by atoms with Crippen molar-refractivity contribution in [3.8, 4) is 0 Å². The van der Waals surface area contributed by atoms with Crippen LogP contribution in [0.3, 0.4) is 0 Å². The molecule has 23 heavy (non-hydrogen) atoms. The fraction of sp³-hybridized carbons (Fsp3) is 0.353. The predicted octanol–water partition coefficient (Wildman–Crippen LogP) is 2.63. The van der Waals surface area contributed by atoms with E-state index in [1.807, 2.05) is 29.7 Å². The van der Waals surface area contributed by atoms with Crippen molar-refractivity contribution in [2.75, 3.05) is 20.1 Å². The quantitative estimate of drug-likeness (QED) is 0.725. The molecule has 0 aliphatic carbocycles. The lowest BCUT2D eigenvalue weighted by Crippen LogP contribution is -2.43. The number of H-pyrrole nitrogens is 1. The molecule has 2 amide bonds. The number of piperidine rings is 1. The molecule has 6 nitrogen and oxygen atoms in total. The Balaban J connectivity index is 1.82. The molecule has 0 radical (unpaired) electrons. The van der Waals surface area contributed by atoms with Crippen molar-refractivity contribution in [2.24, 2.45) is 0 Å². The summed E-state index contributed by atoms with van der Waals surface area (Å²) in [5.41, 5.74) is 2.10. The fourth-order valence-corrected chi connectivity index (χ4v) is 3.59. The molecule has 0 aromatic carbocycles. The lowest BCUT2D eigenvalue weighted by Gasteiger charge is -2.33. The smallest absolute Gasteiger partial charge is 0.317 e. The molecule has 2 N–H and O–H groups in total. The van der Waals surface area contributed by atoms with E-state index in [1.165, 1.54) is 10.9 Å². The van der Waals surface area contributed by atoms with Crippen molar-refractivity contribution in [3.05, 3.63) is 36.4 Å². The number of fused-ring (bicyclic) bond motifs is 3. The molecule has 1 atom stereocenters. The molecular weight excluding hydrogens is 290 g/mol. The van der Waals surface area contributed by atoms with Gasteiger partial charge in [0.15, 0.2) is 0 Å². The number of likely N-dealkylation sites (tertiary alicyclic amines) is 1. The molecule has 0 bridgehead atoms. The van der Waals surface area contributed by atoms with Gasteiger partial charge in [0.05, 0.1) is 0 Å². The standard InChI is InChI=1S/C17H19N5O/c1-18-17(23)22-6-2-3-11(10-22)14-9-19-7-12-8-21-16-13(15(12)14)4-5-20-16/h4-5,7-9,11H,2-3,6,10H2,1H3,(H,18,23)(H,20,21). The summed E-state index contributed by atoms with van der Waals surface area (Å²) >= 11 is 0. The van der Waals surface area contributed by atoms with Crippen LogP contribution < -0.4 is 5.32 Å². The number of nitrogens with one attached hydrogen (secondary N) is 2. The number of pyridine rings is 2. The zero-order chi connectivity index (χ0) is 15.8. The second-order valence-electron chi connectivity index (χ2n) is 6.03. The van der Waals surface area contributed by atoms with E-state index >= 15 is 0 Å². The minimum atomic E-state index is -0.00338. The zero-order valence-electron chi connectivity index (χ0n) is 13.0. The first-order valence-electron chi connectivity index (χ1n) is 7.94. The summed E-state index contributed by atoms with van der Waals surface area (Å²) in [4.78, 5) is 25.9. The number of aromatic nitrogens is 3. The Morgan fingerprint density at radius 1 is 1.39 bits per heavy atom. The average molecular weight is 309 g/mol. The molecule has 4 heterocycles. The fourth-order valence-electron chi connectivity index (χ4n) is 3.59. The predicted molar refractivity (Wildman–Crippen MR) is 89.4 cm³/mol. The van der Waals surface area contributed by atoms with Crippen LogP contribution in [-0.2, 0) is 0 Å². The van der Waals surface area contributed by atoms with E-state index in [1.54, 1.807) is 7.05 Å². The van der Waals surface area contributed by atoms with Crippen molar-refractivity contribution in [1.29, 1.82) is 0 Å². The van der Waals surface area contributed by atoms with Gasteiger partial charge < -0.3 is 15.2 Å². The molecule has 1 aliphatic heterocycles. The summed E-state index contributed by atoms with van der Waals surface area (Å²) in [5, 5.41) is 6.10. The van der Waals surface area contributed by atoms with Gasteiger partial charge in [0, 0.05) is 67.0 Å². The van der Waals surface area contributed by atoms with Gasteiger partial charge in [-0.25, -0.2) is 9.78 Å². The summed E-state index contributed by atoms with van der Waals surface area (Å²) in [5.74, 6) is 0.303. The number of urea groups is 1. The number of carbonyl (C=O) groups excluding carboxylic acids is 1. The molecule has 1 unspecified atom stereocenters. The van der Waals surface area contributed by atoms with E-state index in [9.17, 15) is 4.79 Å². The summed E-state index contributed by atoms with van der Waals surface area (Å²) in [6.07, 6.45) is 9.67. The summed E-state index contributed by atoms with van der Waals surface area (Å²) in [6.45, 7) is 1.55. The van der Waals surface area contributed by atoms with Crippen LogP contribution in [0.15, 0.2) is 30.9 Å². The number of aromatic amines is 1. The number of nitrogens with zero attached hydrogens (tertiary/aromatic N) is 3. The Bertz CT molecular complexity index is 872. The van der Waals surface area contributed by atoms with Crippen LogP contribution in [0.4, 0.5) is 4.79 Å². The third kappa shape index (κ3) is 2.30. The van der Waals surface area contributed by atoms with Gasteiger partial charge in [0.2, 0.25) is 0 Å². The SMILES string of the molecule is CNC(=O)N1CCCC(c2cncc3cnc4[nH]ccc4c23)C1. The maximum Gasteiger partial charge on any atom is 0.317 e. The topological polar surface area (TPSA) is 73.9 Å². The molecule has 4 rings (SSSR count). The van der Waals surface area contributed by atoms with Crippen molar-refractivity contribution in [1.82, 2.24) is 25.2 Å². The first-order chi connectivity index (χ1) is 11.3. The Kier molecular flexibility index (Phi) is 3.37. The highest BCUT2D eigenvalue weighted by Crippen LogP contribution is 2.34. The van der Waals surface area contributed by atoms with Crippen LogP contribution in [0.5, 0.6) is 0 Å². The Morgan fingerprint density at radius 3 is 3.17 bits per heavy atom. The van der Waals surface area contributed by atoms with E-state index in [2.05, 4.69) is 26.3 Å². The molecule has 3 aromatic heterocycles. The Hall–Kier alpha value is -2.63. The third-order valence-corrected chi connectivity index (χ3v) is 4.69. The molecular formula is C17H19N5O. The van der Waals surface area contributed by atoms with Gasteiger partial charge in [-0.3, -0.25) is 4.98 Å². The van der Waals surface area contributed by atoms with E-state index in [-0.39, 0.29) is 6.03 Å². The van der Waals surface area contributed by atoms with Gasteiger partial charge in [-0.2, -0.15) is 0 Å². The minimum Gasteiger partial charge on any atom is -0.346 e. The summed E-state index contributed by atoms with van der Waals surface area (Å²) < 4.78 is 0. The molecule has 1 aliphatic rings. The van der Waals surface area contributed by atoms with E-state index < -0.39 is 0 Å². The van der Waals surface area contributed by atoms with Crippen LogP contribution >= 0.6 is 0 Å². The van der Waals surface area contributed by atoms with E-state index in [0.717, 1.165) is 42.4 Å². The van der Waals surface area contributed by atoms with Crippen molar-refractivity contribution in [2.45, 2.75) is 18.8 Å².